The minimum Gasteiger partial charge on any atom is -0.491 e. The number of nitrogens with two attached hydrogens (primary N) is 1. The predicted octanol–water partition coefficient (Wildman–Crippen LogP) is 3.47. The van der Waals surface area contributed by atoms with Gasteiger partial charge in [0.15, 0.2) is 0 Å². The van der Waals surface area contributed by atoms with Gasteiger partial charge in [0, 0.05) is 11.6 Å². The zero-order chi connectivity index (χ0) is 15.6. The Labute approximate surface area is 125 Å². The molecule has 1 aromatic heterocycles. The quantitative estimate of drug-likeness (QED) is 0.936. The first-order valence-electron chi connectivity index (χ1n) is 7.18. The van der Waals surface area contributed by atoms with Crippen molar-refractivity contribution in [2.75, 3.05) is 5.73 Å². The smallest absolute Gasteiger partial charge is 0.274 e. The molecule has 0 radical (unpaired) electrons. The van der Waals surface area contributed by atoms with E-state index < -0.39 is 0 Å². The van der Waals surface area contributed by atoms with Gasteiger partial charge in [0.25, 0.3) is 5.56 Å². The maximum atomic E-state index is 12.3. The largest absolute Gasteiger partial charge is 0.491 e. The molecule has 0 spiro atoms. The van der Waals surface area contributed by atoms with Gasteiger partial charge in [-0.05, 0) is 52.0 Å². The summed E-state index contributed by atoms with van der Waals surface area (Å²) in [4.78, 5) is 12.3. The van der Waals surface area contributed by atoms with Crippen LogP contribution in [0.3, 0.4) is 0 Å². The summed E-state index contributed by atoms with van der Waals surface area (Å²) in [6.07, 6.45) is 0.110. The number of ether oxygens (including phenoxy) is 1. The van der Waals surface area contributed by atoms with Crippen molar-refractivity contribution in [2.24, 2.45) is 0 Å². The van der Waals surface area contributed by atoms with Crippen LogP contribution in [0.15, 0.2) is 41.2 Å². The Hall–Kier alpha value is -2.23. The molecule has 2 N–H and O–H groups in total. The molecule has 0 aliphatic heterocycles. The molecule has 0 saturated heterocycles. The molecule has 0 fully saturated rings. The van der Waals surface area contributed by atoms with Gasteiger partial charge in [-0.3, -0.25) is 4.79 Å². The zero-order valence-electron chi connectivity index (χ0n) is 13.0. The van der Waals surface area contributed by atoms with Crippen molar-refractivity contribution in [2.45, 2.75) is 39.8 Å². The van der Waals surface area contributed by atoms with Crippen molar-refractivity contribution in [3.8, 4) is 17.0 Å². The van der Waals surface area contributed by atoms with Crippen molar-refractivity contribution in [1.29, 1.82) is 0 Å². The monoisotopic (exact) mass is 286 g/mol. The normalized spacial score (nSPS) is 11.1. The van der Waals surface area contributed by atoms with E-state index in [4.69, 9.17) is 10.5 Å². The molecule has 0 bridgehead atoms. The molecular formula is C17H22N2O2. The highest BCUT2D eigenvalue weighted by molar-refractivity contribution is 5.63. The molecule has 4 heteroatoms. The molecule has 21 heavy (non-hydrogen) atoms. The maximum Gasteiger partial charge on any atom is 0.274 e. The second kappa shape index (κ2) is 6.04. The molecule has 0 unspecified atom stereocenters. The van der Waals surface area contributed by atoms with Gasteiger partial charge in [-0.25, -0.2) is 0 Å². The van der Waals surface area contributed by atoms with Gasteiger partial charge < -0.3 is 15.0 Å². The highest BCUT2D eigenvalue weighted by Crippen LogP contribution is 2.26. The molecule has 2 rings (SSSR count). The third kappa shape index (κ3) is 3.27. The molecule has 0 aliphatic rings. The van der Waals surface area contributed by atoms with Crippen molar-refractivity contribution < 1.29 is 4.74 Å². The van der Waals surface area contributed by atoms with Crippen LogP contribution >= 0.6 is 0 Å². The van der Waals surface area contributed by atoms with E-state index >= 15 is 0 Å². The van der Waals surface area contributed by atoms with Crippen LogP contribution in [0.5, 0.6) is 5.75 Å². The molecule has 1 heterocycles. The van der Waals surface area contributed by atoms with Crippen molar-refractivity contribution >= 4 is 5.69 Å². The highest BCUT2D eigenvalue weighted by Gasteiger charge is 2.12. The van der Waals surface area contributed by atoms with Crippen LogP contribution in [0, 0.1) is 0 Å². The van der Waals surface area contributed by atoms with Crippen LogP contribution in [-0.4, -0.2) is 10.7 Å². The second-order valence-corrected chi connectivity index (χ2v) is 5.64. The van der Waals surface area contributed by atoms with Gasteiger partial charge in [0.2, 0.25) is 0 Å². The molecular weight excluding hydrogens is 264 g/mol. The lowest BCUT2D eigenvalue weighted by molar-refractivity contribution is 0.242. The van der Waals surface area contributed by atoms with E-state index in [-0.39, 0.29) is 23.4 Å². The Kier molecular flexibility index (Phi) is 4.36. The van der Waals surface area contributed by atoms with Gasteiger partial charge >= 0.3 is 0 Å². The van der Waals surface area contributed by atoms with Crippen molar-refractivity contribution in [3.63, 3.8) is 0 Å². The van der Waals surface area contributed by atoms with E-state index in [1.54, 1.807) is 10.6 Å². The minimum atomic E-state index is -0.155. The van der Waals surface area contributed by atoms with Crippen LogP contribution < -0.4 is 16.0 Å². The molecule has 4 nitrogen and oxygen atoms in total. The molecule has 2 aromatic rings. The van der Waals surface area contributed by atoms with E-state index in [1.165, 1.54) is 0 Å². The van der Waals surface area contributed by atoms with Crippen molar-refractivity contribution in [1.82, 2.24) is 4.57 Å². The average Bonchev–Trinajstić information content (AvgIpc) is 2.40. The van der Waals surface area contributed by atoms with E-state index in [0.717, 1.165) is 17.0 Å². The minimum absolute atomic E-state index is 0.0330. The van der Waals surface area contributed by atoms with Gasteiger partial charge in [-0.1, -0.05) is 12.1 Å². The molecule has 0 saturated carbocycles. The van der Waals surface area contributed by atoms with E-state index in [0.29, 0.717) is 0 Å². The number of benzene rings is 1. The topological polar surface area (TPSA) is 57.2 Å². The predicted molar refractivity (Wildman–Crippen MR) is 86.7 cm³/mol. The van der Waals surface area contributed by atoms with E-state index in [9.17, 15) is 4.79 Å². The zero-order valence-corrected chi connectivity index (χ0v) is 13.0. The van der Waals surface area contributed by atoms with Crippen molar-refractivity contribution in [3.05, 3.63) is 46.8 Å². The summed E-state index contributed by atoms with van der Waals surface area (Å²) in [5, 5.41) is 0. The van der Waals surface area contributed by atoms with Gasteiger partial charge in [-0.2, -0.15) is 0 Å². The van der Waals surface area contributed by atoms with Crippen LogP contribution in [0.25, 0.3) is 11.3 Å². The third-order valence-electron chi connectivity index (χ3n) is 3.16. The number of rotatable bonds is 4. The Morgan fingerprint density at radius 3 is 2.43 bits per heavy atom. The summed E-state index contributed by atoms with van der Waals surface area (Å²) in [7, 11) is 0. The molecule has 112 valence electrons. The van der Waals surface area contributed by atoms with Gasteiger partial charge in [-0.15, -0.1) is 0 Å². The Morgan fingerprint density at radius 1 is 1.10 bits per heavy atom. The summed E-state index contributed by atoms with van der Waals surface area (Å²) < 4.78 is 7.43. The first-order chi connectivity index (χ1) is 9.90. The second-order valence-electron chi connectivity index (χ2n) is 5.64. The number of anilines is 1. The van der Waals surface area contributed by atoms with Gasteiger partial charge in [0.1, 0.15) is 5.75 Å². The summed E-state index contributed by atoms with van der Waals surface area (Å²) in [5.41, 5.74) is 7.64. The Morgan fingerprint density at radius 2 is 1.81 bits per heavy atom. The fourth-order valence-corrected chi connectivity index (χ4v) is 2.32. The summed E-state index contributed by atoms with van der Waals surface area (Å²) in [5.74, 6) is 0.794. The fourth-order valence-electron chi connectivity index (χ4n) is 2.32. The summed E-state index contributed by atoms with van der Waals surface area (Å²) in [6.45, 7) is 7.91. The summed E-state index contributed by atoms with van der Waals surface area (Å²) in [6, 6.07) is 11.3. The number of nitrogen functional groups attached to an aromatic ring is 1. The summed E-state index contributed by atoms with van der Waals surface area (Å²) >= 11 is 0. The SMILES string of the molecule is CC(C)Oc1cccc(-c2ccc(N)c(=O)n2C(C)C)c1. The van der Waals surface area contributed by atoms with Crippen LogP contribution in [0.2, 0.25) is 0 Å². The number of aromatic nitrogens is 1. The Bertz CT molecular complexity index is 687. The fraction of sp³-hybridized carbons (Fsp3) is 0.353. The van der Waals surface area contributed by atoms with Crippen LogP contribution in [-0.2, 0) is 0 Å². The number of hydrogen-bond acceptors (Lipinski definition) is 3. The van der Waals surface area contributed by atoms with Gasteiger partial charge in [0.05, 0.1) is 17.5 Å². The lowest BCUT2D eigenvalue weighted by Gasteiger charge is -2.18. The first-order valence-corrected chi connectivity index (χ1v) is 7.18. The lowest BCUT2D eigenvalue weighted by atomic mass is 10.1. The molecule has 0 atom stereocenters. The molecule has 0 aliphatic carbocycles. The first kappa shape index (κ1) is 15.2. The number of pyridine rings is 1. The Balaban J connectivity index is 2.57. The number of hydrogen-bond donors (Lipinski definition) is 1. The van der Waals surface area contributed by atoms with E-state index in [1.807, 2.05) is 58.0 Å². The highest BCUT2D eigenvalue weighted by atomic mass is 16.5. The van der Waals surface area contributed by atoms with E-state index in [2.05, 4.69) is 0 Å². The lowest BCUT2D eigenvalue weighted by Crippen LogP contribution is -2.25. The van der Waals surface area contributed by atoms with Crippen LogP contribution in [0.1, 0.15) is 33.7 Å². The maximum absolute atomic E-state index is 12.3. The van der Waals surface area contributed by atoms with Crippen LogP contribution in [0.4, 0.5) is 5.69 Å². The molecule has 0 amide bonds. The third-order valence-corrected chi connectivity index (χ3v) is 3.16. The number of nitrogens with zero attached hydrogens (tertiary/aromatic N) is 1. The molecule has 1 aromatic carbocycles. The standard InChI is InChI=1S/C17H22N2O2/c1-11(2)19-16(9-8-15(18)17(19)20)13-6-5-7-14(10-13)21-12(3)4/h5-12H,18H2,1-4H3. The average molecular weight is 286 g/mol.